The summed E-state index contributed by atoms with van der Waals surface area (Å²) >= 11 is 1.54. The second-order valence-corrected chi connectivity index (χ2v) is 7.25. The van der Waals surface area contributed by atoms with Gasteiger partial charge in [-0.15, -0.1) is 11.3 Å². The summed E-state index contributed by atoms with van der Waals surface area (Å²) in [7, 11) is 0. The Bertz CT molecular complexity index is 988. The number of H-pyrrole nitrogens is 1. The average Bonchev–Trinajstić information content (AvgIpc) is 3.04. The van der Waals surface area contributed by atoms with Crippen LogP contribution in [0.3, 0.4) is 0 Å². The highest BCUT2D eigenvalue weighted by Gasteiger charge is 2.16. The quantitative estimate of drug-likeness (QED) is 0.719. The van der Waals surface area contributed by atoms with Crippen LogP contribution in [0.1, 0.15) is 29.2 Å². The average molecular weight is 370 g/mol. The number of ether oxygens (including phenoxy) is 1. The van der Waals surface area contributed by atoms with E-state index < -0.39 is 0 Å². The summed E-state index contributed by atoms with van der Waals surface area (Å²) < 4.78 is 5.39. The Labute approximate surface area is 153 Å². The van der Waals surface area contributed by atoms with E-state index in [-0.39, 0.29) is 24.7 Å². The van der Waals surface area contributed by atoms with E-state index in [4.69, 9.17) is 4.74 Å². The van der Waals surface area contributed by atoms with E-state index in [1.807, 2.05) is 6.07 Å². The van der Waals surface area contributed by atoms with Crippen LogP contribution in [0.15, 0.2) is 29.1 Å². The van der Waals surface area contributed by atoms with Crippen LogP contribution in [0.4, 0.5) is 5.13 Å². The van der Waals surface area contributed by atoms with Crippen molar-refractivity contribution >= 4 is 33.3 Å². The van der Waals surface area contributed by atoms with Gasteiger partial charge in [0.15, 0.2) is 5.13 Å². The number of aromatic amines is 1. The number of carbonyl (C=O) groups is 1. The lowest BCUT2D eigenvalue weighted by molar-refractivity contribution is -0.121. The van der Waals surface area contributed by atoms with E-state index in [9.17, 15) is 9.59 Å². The topological polar surface area (TPSA) is 97.0 Å². The van der Waals surface area contributed by atoms with Crippen LogP contribution in [-0.2, 0) is 29.0 Å². The molecule has 2 N–H and O–H groups in total. The van der Waals surface area contributed by atoms with Crippen LogP contribution in [0.25, 0.3) is 10.9 Å². The molecule has 8 heteroatoms. The van der Waals surface area contributed by atoms with E-state index in [1.165, 1.54) is 22.6 Å². The first kappa shape index (κ1) is 16.9. The standard InChI is InChI=1S/C18H18N4O3S/c23-16(22-18-20-13-7-3-4-8-14(13)26-18)10-25-9-15-19-12-6-2-1-5-11(12)17(24)21-15/h1-2,5-6H,3-4,7-10H2,(H,19,21,24)(H,20,22,23). The fourth-order valence-electron chi connectivity index (χ4n) is 3.00. The Morgan fingerprint density at radius 1 is 1.23 bits per heavy atom. The van der Waals surface area contributed by atoms with Crippen molar-refractivity contribution in [3.8, 4) is 0 Å². The number of fused-ring (bicyclic) bond motifs is 2. The van der Waals surface area contributed by atoms with Crippen LogP contribution >= 0.6 is 11.3 Å². The summed E-state index contributed by atoms with van der Waals surface area (Å²) in [5, 5.41) is 3.93. The SMILES string of the molecule is O=C(COCc1nc2ccccc2c(=O)[nH]1)Nc1nc2c(s1)CCCC2. The lowest BCUT2D eigenvalue weighted by Crippen LogP contribution is -2.19. The predicted molar refractivity (Wildman–Crippen MR) is 99.4 cm³/mol. The summed E-state index contributed by atoms with van der Waals surface area (Å²) in [4.78, 5) is 36.8. The van der Waals surface area contributed by atoms with Crippen molar-refractivity contribution in [1.29, 1.82) is 0 Å². The Hall–Kier alpha value is -2.58. The molecule has 2 heterocycles. The number of anilines is 1. The number of carbonyl (C=O) groups excluding carboxylic acids is 1. The Balaban J connectivity index is 1.33. The first-order valence-electron chi connectivity index (χ1n) is 8.53. The first-order valence-corrected chi connectivity index (χ1v) is 9.35. The van der Waals surface area contributed by atoms with E-state index in [0.717, 1.165) is 25.0 Å². The normalized spacial score (nSPS) is 13.5. The number of para-hydroxylation sites is 1. The van der Waals surface area contributed by atoms with Gasteiger partial charge in [0.2, 0.25) is 0 Å². The number of benzene rings is 1. The van der Waals surface area contributed by atoms with Crippen molar-refractivity contribution in [2.24, 2.45) is 0 Å². The summed E-state index contributed by atoms with van der Waals surface area (Å²) in [6.07, 6.45) is 4.37. The Kier molecular flexibility index (Phi) is 4.77. The molecule has 0 atom stereocenters. The van der Waals surface area contributed by atoms with Crippen molar-refractivity contribution in [2.45, 2.75) is 32.3 Å². The van der Waals surface area contributed by atoms with Gasteiger partial charge < -0.3 is 9.72 Å². The van der Waals surface area contributed by atoms with E-state index in [2.05, 4.69) is 20.3 Å². The van der Waals surface area contributed by atoms with E-state index in [0.29, 0.717) is 21.9 Å². The summed E-state index contributed by atoms with van der Waals surface area (Å²) in [5.74, 6) is 0.130. The largest absolute Gasteiger partial charge is 0.364 e. The number of rotatable bonds is 5. The molecular formula is C18H18N4O3S. The maximum absolute atomic E-state index is 12.0. The van der Waals surface area contributed by atoms with Crippen molar-refractivity contribution in [1.82, 2.24) is 15.0 Å². The smallest absolute Gasteiger partial charge is 0.258 e. The van der Waals surface area contributed by atoms with Crippen molar-refractivity contribution in [3.63, 3.8) is 0 Å². The minimum Gasteiger partial charge on any atom is -0.364 e. The fourth-order valence-corrected chi connectivity index (χ4v) is 4.07. The molecule has 1 aliphatic carbocycles. The van der Waals surface area contributed by atoms with Gasteiger partial charge in [0.1, 0.15) is 19.0 Å². The molecular weight excluding hydrogens is 352 g/mol. The molecule has 1 amide bonds. The van der Waals surface area contributed by atoms with Gasteiger partial charge in [0.05, 0.1) is 16.6 Å². The molecule has 0 spiro atoms. The first-order chi connectivity index (χ1) is 12.7. The Morgan fingerprint density at radius 3 is 2.96 bits per heavy atom. The molecule has 1 aliphatic rings. The summed E-state index contributed by atoms with van der Waals surface area (Å²) in [6.45, 7) is -0.0668. The maximum atomic E-state index is 12.0. The monoisotopic (exact) mass is 370 g/mol. The molecule has 0 aliphatic heterocycles. The zero-order valence-electron chi connectivity index (χ0n) is 14.1. The molecule has 0 fully saturated rings. The van der Waals surface area contributed by atoms with Crippen LogP contribution in [-0.4, -0.2) is 27.5 Å². The van der Waals surface area contributed by atoms with Crippen LogP contribution in [0, 0.1) is 0 Å². The van der Waals surface area contributed by atoms with Gasteiger partial charge >= 0.3 is 0 Å². The highest BCUT2D eigenvalue weighted by Crippen LogP contribution is 2.29. The van der Waals surface area contributed by atoms with E-state index in [1.54, 1.807) is 18.2 Å². The van der Waals surface area contributed by atoms with E-state index >= 15 is 0 Å². The molecule has 7 nitrogen and oxygen atoms in total. The highest BCUT2D eigenvalue weighted by molar-refractivity contribution is 7.15. The molecule has 1 aromatic carbocycles. The van der Waals surface area contributed by atoms with Crippen LogP contribution < -0.4 is 10.9 Å². The number of nitrogens with zero attached hydrogens (tertiary/aromatic N) is 2. The molecule has 3 aromatic rings. The number of amides is 1. The molecule has 0 saturated heterocycles. The Morgan fingerprint density at radius 2 is 2.08 bits per heavy atom. The lowest BCUT2D eigenvalue weighted by atomic mass is 10.0. The molecule has 0 bridgehead atoms. The minimum atomic E-state index is -0.265. The second-order valence-electron chi connectivity index (χ2n) is 6.17. The molecule has 0 saturated carbocycles. The van der Waals surface area contributed by atoms with Gasteiger partial charge in [-0.1, -0.05) is 12.1 Å². The summed E-state index contributed by atoms with van der Waals surface area (Å²) in [6, 6.07) is 7.09. The van der Waals surface area contributed by atoms with Crippen molar-refractivity contribution in [2.75, 3.05) is 11.9 Å². The third-order valence-corrected chi connectivity index (χ3v) is 5.30. The van der Waals surface area contributed by atoms with Crippen LogP contribution in [0.5, 0.6) is 0 Å². The zero-order valence-corrected chi connectivity index (χ0v) is 14.9. The third-order valence-electron chi connectivity index (χ3n) is 4.23. The molecule has 2 aromatic heterocycles. The number of hydrogen-bond donors (Lipinski definition) is 2. The fraction of sp³-hybridized carbons (Fsp3) is 0.333. The minimum absolute atomic E-state index is 0.0574. The lowest BCUT2D eigenvalue weighted by Gasteiger charge is -2.06. The number of nitrogens with one attached hydrogen (secondary N) is 2. The van der Waals surface area contributed by atoms with Crippen LogP contribution in [0.2, 0.25) is 0 Å². The number of aromatic nitrogens is 3. The number of thiazole rings is 1. The zero-order chi connectivity index (χ0) is 17.9. The predicted octanol–water partition coefficient (Wildman–Crippen LogP) is 2.41. The maximum Gasteiger partial charge on any atom is 0.258 e. The van der Waals surface area contributed by atoms with Gasteiger partial charge in [-0.3, -0.25) is 14.9 Å². The second kappa shape index (κ2) is 7.35. The van der Waals surface area contributed by atoms with Gasteiger partial charge in [-0.2, -0.15) is 0 Å². The number of hydrogen-bond acceptors (Lipinski definition) is 6. The number of aryl methyl sites for hydroxylation is 2. The molecule has 4 rings (SSSR count). The molecule has 0 radical (unpaired) electrons. The van der Waals surface area contributed by atoms with Gasteiger partial charge in [-0.25, -0.2) is 9.97 Å². The van der Waals surface area contributed by atoms with Gasteiger partial charge in [0, 0.05) is 4.88 Å². The van der Waals surface area contributed by atoms with Crippen molar-refractivity contribution in [3.05, 3.63) is 51.0 Å². The van der Waals surface area contributed by atoms with Gasteiger partial charge in [0.25, 0.3) is 11.5 Å². The highest BCUT2D eigenvalue weighted by atomic mass is 32.1. The van der Waals surface area contributed by atoms with Crippen molar-refractivity contribution < 1.29 is 9.53 Å². The summed E-state index contributed by atoms with van der Waals surface area (Å²) in [5.41, 5.74) is 1.50. The molecule has 0 unspecified atom stereocenters. The van der Waals surface area contributed by atoms with Gasteiger partial charge in [-0.05, 0) is 37.8 Å². The third kappa shape index (κ3) is 3.66. The molecule has 134 valence electrons. The molecule has 26 heavy (non-hydrogen) atoms.